The number of carbonyl (C=O) groups excluding carboxylic acids is 1. The van der Waals surface area contributed by atoms with Crippen LogP contribution in [0.3, 0.4) is 0 Å². The molecule has 21 heavy (non-hydrogen) atoms. The Kier molecular flexibility index (Phi) is 5.71. The quantitative estimate of drug-likeness (QED) is 0.799. The molecular weight excluding hydrogens is 280 g/mol. The van der Waals surface area contributed by atoms with Crippen LogP contribution in [0.5, 0.6) is 0 Å². The summed E-state index contributed by atoms with van der Waals surface area (Å²) in [6, 6.07) is 8.47. The molecule has 1 amide bonds. The summed E-state index contributed by atoms with van der Waals surface area (Å²) in [5.41, 5.74) is 1.12. The number of benzene rings is 1. The minimum atomic E-state index is -0.0495. The van der Waals surface area contributed by atoms with Crippen LogP contribution in [0, 0.1) is 0 Å². The largest absolute Gasteiger partial charge is 0.340 e. The van der Waals surface area contributed by atoms with E-state index in [9.17, 15) is 4.79 Å². The third-order valence-electron chi connectivity index (χ3n) is 3.94. The zero-order valence-corrected chi connectivity index (χ0v) is 14.3. The average molecular weight is 306 g/mol. The van der Waals surface area contributed by atoms with Crippen LogP contribution >= 0.6 is 11.8 Å². The molecule has 1 atom stereocenters. The molecule has 0 N–H and O–H groups in total. The van der Waals surface area contributed by atoms with Crippen LogP contribution < -0.4 is 0 Å². The van der Waals surface area contributed by atoms with Gasteiger partial charge >= 0.3 is 0 Å². The summed E-state index contributed by atoms with van der Waals surface area (Å²) in [7, 11) is 2.11. The molecule has 1 aliphatic rings. The van der Waals surface area contributed by atoms with Gasteiger partial charge in [-0.15, -0.1) is 11.8 Å². The van der Waals surface area contributed by atoms with E-state index in [0.717, 1.165) is 31.7 Å². The van der Waals surface area contributed by atoms with Crippen molar-refractivity contribution in [2.24, 2.45) is 0 Å². The first-order chi connectivity index (χ1) is 9.97. The van der Waals surface area contributed by atoms with Crippen molar-refractivity contribution in [3.05, 3.63) is 29.8 Å². The lowest BCUT2D eigenvalue weighted by atomic mass is 9.99. The lowest BCUT2D eigenvalue weighted by Gasteiger charge is -2.34. The van der Waals surface area contributed by atoms with Gasteiger partial charge in [0.2, 0.25) is 5.91 Å². The van der Waals surface area contributed by atoms with E-state index in [-0.39, 0.29) is 11.8 Å². The third-order valence-corrected chi connectivity index (χ3v) is 4.95. The van der Waals surface area contributed by atoms with Crippen molar-refractivity contribution in [3.63, 3.8) is 0 Å². The summed E-state index contributed by atoms with van der Waals surface area (Å²) in [4.78, 5) is 18.1. The average Bonchev–Trinajstić information content (AvgIpc) is 2.47. The van der Waals surface area contributed by atoms with Gasteiger partial charge in [-0.25, -0.2) is 0 Å². The van der Waals surface area contributed by atoms with Crippen LogP contribution in [0.25, 0.3) is 0 Å². The van der Waals surface area contributed by atoms with Crippen LogP contribution in [0.15, 0.2) is 29.2 Å². The third kappa shape index (κ3) is 4.48. The maximum absolute atomic E-state index is 12.6. The minimum absolute atomic E-state index is 0.0495. The number of amides is 1. The van der Waals surface area contributed by atoms with Gasteiger partial charge in [-0.1, -0.05) is 26.0 Å². The summed E-state index contributed by atoms with van der Waals surface area (Å²) in [6.45, 7) is 10.0. The van der Waals surface area contributed by atoms with Crippen LogP contribution in [0.1, 0.15) is 32.3 Å². The van der Waals surface area contributed by atoms with Gasteiger partial charge in [0.25, 0.3) is 0 Å². The molecule has 0 radical (unpaired) electrons. The van der Waals surface area contributed by atoms with Crippen molar-refractivity contribution >= 4 is 17.7 Å². The Morgan fingerprint density at radius 2 is 1.62 bits per heavy atom. The van der Waals surface area contributed by atoms with Gasteiger partial charge < -0.3 is 9.80 Å². The van der Waals surface area contributed by atoms with Crippen molar-refractivity contribution < 1.29 is 4.79 Å². The first kappa shape index (κ1) is 16.4. The van der Waals surface area contributed by atoms with Crippen molar-refractivity contribution in [2.75, 3.05) is 33.2 Å². The highest BCUT2D eigenvalue weighted by Crippen LogP contribution is 2.26. The standard InChI is InChI=1S/C17H26N2OS/c1-13(2)21-16-7-5-15(6-8-16)14(3)17(20)19-11-9-18(4)10-12-19/h5-8,13-14H,9-12H2,1-4H3/t14-/m0/s1. The van der Waals surface area contributed by atoms with Gasteiger partial charge in [0.05, 0.1) is 5.92 Å². The van der Waals surface area contributed by atoms with E-state index in [1.165, 1.54) is 4.90 Å². The second kappa shape index (κ2) is 7.32. The first-order valence-electron chi connectivity index (χ1n) is 7.71. The Balaban J connectivity index is 1.98. The van der Waals surface area contributed by atoms with E-state index in [2.05, 4.69) is 50.1 Å². The minimum Gasteiger partial charge on any atom is -0.340 e. The molecule has 1 heterocycles. The van der Waals surface area contributed by atoms with E-state index >= 15 is 0 Å². The fraction of sp³-hybridized carbons (Fsp3) is 0.588. The molecule has 1 saturated heterocycles. The SMILES string of the molecule is CC(C)Sc1ccc([C@H](C)C(=O)N2CCN(C)CC2)cc1. The fourth-order valence-corrected chi connectivity index (χ4v) is 3.39. The normalized spacial score (nSPS) is 18.0. The Labute approximate surface area is 132 Å². The van der Waals surface area contributed by atoms with Crippen molar-refractivity contribution in [1.29, 1.82) is 0 Å². The smallest absolute Gasteiger partial charge is 0.229 e. The number of likely N-dealkylation sites (N-methyl/N-ethyl adjacent to an activating group) is 1. The zero-order valence-electron chi connectivity index (χ0n) is 13.5. The highest BCUT2D eigenvalue weighted by molar-refractivity contribution is 7.99. The number of nitrogens with zero attached hydrogens (tertiary/aromatic N) is 2. The Morgan fingerprint density at radius 3 is 2.14 bits per heavy atom. The van der Waals surface area contributed by atoms with E-state index in [1.54, 1.807) is 0 Å². The topological polar surface area (TPSA) is 23.6 Å². The summed E-state index contributed by atoms with van der Waals surface area (Å²) < 4.78 is 0. The van der Waals surface area contributed by atoms with Gasteiger partial charge in [0.1, 0.15) is 0 Å². The maximum atomic E-state index is 12.6. The second-order valence-corrected chi connectivity index (χ2v) is 7.74. The number of rotatable bonds is 4. The summed E-state index contributed by atoms with van der Waals surface area (Å²) in [6.07, 6.45) is 0. The molecule has 116 valence electrons. The molecule has 4 heteroatoms. The van der Waals surface area contributed by atoms with Crippen LogP contribution in [-0.4, -0.2) is 54.2 Å². The molecule has 0 bridgehead atoms. The second-order valence-electron chi connectivity index (χ2n) is 6.09. The monoisotopic (exact) mass is 306 g/mol. The lowest BCUT2D eigenvalue weighted by molar-refractivity contribution is -0.134. The Morgan fingerprint density at radius 1 is 1.05 bits per heavy atom. The molecule has 0 unspecified atom stereocenters. The Hall–Kier alpha value is -1.00. The molecule has 0 aliphatic carbocycles. The number of piperazine rings is 1. The van der Waals surface area contributed by atoms with Crippen molar-refractivity contribution in [3.8, 4) is 0 Å². The highest BCUT2D eigenvalue weighted by Gasteiger charge is 2.24. The Bertz CT molecular complexity index is 464. The van der Waals surface area contributed by atoms with Gasteiger partial charge in [0, 0.05) is 36.3 Å². The summed E-state index contributed by atoms with van der Waals surface area (Å²) >= 11 is 1.85. The highest BCUT2D eigenvalue weighted by atomic mass is 32.2. The van der Waals surface area contributed by atoms with Gasteiger partial charge in [-0.2, -0.15) is 0 Å². The summed E-state index contributed by atoms with van der Waals surface area (Å²) in [5, 5.41) is 0.584. The van der Waals surface area contributed by atoms with E-state index < -0.39 is 0 Å². The predicted molar refractivity (Wildman–Crippen MR) is 89.9 cm³/mol. The molecule has 0 aromatic heterocycles. The van der Waals surface area contributed by atoms with Crippen LogP contribution in [0.4, 0.5) is 0 Å². The summed E-state index contributed by atoms with van der Waals surface area (Å²) in [5.74, 6) is 0.207. The van der Waals surface area contributed by atoms with Crippen LogP contribution in [0.2, 0.25) is 0 Å². The molecule has 1 aliphatic heterocycles. The number of hydrogen-bond acceptors (Lipinski definition) is 3. The molecule has 0 saturated carbocycles. The van der Waals surface area contributed by atoms with E-state index in [0.29, 0.717) is 5.25 Å². The van der Waals surface area contributed by atoms with Gasteiger partial charge in [-0.05, 0) is 31.7 Å². The number of hydrogen-bond donors (Lipinski definition) is 0. The van der Waals surface area contributed by atoms with Crippen molar-refractivity contribution in [1.82, 2.24) is 9.80 Å². The van der Waals surface area contributed by atoms with Gasteiger partial charge in [-0.3, -0.25) is 4.79 Å². The molecule has 3 nitrogen and oxygen atoms in total. The number of thioether (sulfide) groups is 1. The first-order valence-corrected chi connectivity index (χ1v) is 8.59. The molecule has 1 aromatic rings. The van der Waals surface area contributed by atoms with Crippen LogP contribution in [-0.2, 0) is 4.79 Å². The molecule has 0 spiro atoms. The van der Waals surface area contributed by atoms with Gasteiger partial charge in [0.15, 0.2) is 0 Å². The fourth-order valence-electron chi connectivity index (χ4n) is 2.55. The van der Waals surface area contributed by atoms with E-state index in [4.69, 9.17) is 0 Å². The molecule has 1 fully saturated rings. The number of carbonyl (C=O) groups is 1. The zero-order chi connectivity index (χ0) is 15.4. The van der Waals surface area contributed by atoms with E-state index in [1.807, 2.05) is 23.6 Å². The predicted octanol–water partition coefficient (Wildman–Crippen LogP) is 3.06. The lowest BCUT2D eigenvalue weighted by Crippen LogP contribution is -2.48. The molecule has 1 aromatic carbocycles. The maximum Gasteiger partial charge on any atom is 0.229 e. The van der Waals surface area contributed by atoms with Crippen molar-refractivity contribution in [2.45, 2.75) is 36.8 Å². The molecular formula is C17H26N2OS. The molecule has 2 rings (SSSR count).